The largest absolute Gasteiger partial charge is 0.325 e. The molecule has 0 aromatic heterocycles. The third-order valence-corrected chi connectivity index (χ3v) is 7.02. The van der Waals surface area contributed by atoms with Gasteiger partial charge in [0, 0.05) is 0 Å². The Morgan fingerprint density at radius 1 is 0.886 bits per heavy atom. The monoisotopic (exact) mass is 467 g/mol. The van der Waals surface area contributed by atoms with Crippen LogP contribution in [0.25, 0.3) is 0 Å². The number of hydrogen-bond donors (Lipinski definition) is 1. The second-order valence-electron chi connectivity index (χ2n) is 9.38. The fourth-order valence-electron chi connectivity index (χ4n) is 5.08. The third-order valence-electron chi connectivity index (χ3n) is 7.02. The number of amides is 4. The van der Waals surface area contributed by atoms with Crippen molar-refractivity contribution < 1.29 is 14.4 Å². The molecule has 0 radical (unpaired) electrons. The van der Waals surface area contributed by atoms with Crippen LogP contribution in [-0.4, -0.2) is 29.3 Å². The minimum atomic E-state index is -1.21. The summed E-state index contributed by atoms with van der Waals surface area (Å²) >= 11 is 0. The van der Waals surface area contributed by atoms with E-state index in [1.807, 2.05) is 72.8 Å². The van der Waals surface area contributed by atoms with Gasteiger partial charge in [0.05, 0.1) is 11.4 Å². The zero-order valence-corrected chi connectivity index (χ0v) is 20.1. The summed E-state index contributed by atoms with van der Waals surface area (Å²) in [5.41, 5.74) is 4.39. The van der Waals surface area contributed by atoms with Crippen LogP contribution in [0.4, 0.5) is 16.2 Å². The molecule has 1 saturated heterocycles. The molecule has 2 aliphatic rings. The molecule has 4 amide bonds. The minimum absolute atomic E-state index is 0.321. The smallest absolute Gasteiger partial charge is 0.319 e. The van der Waals surface area contributed by atoms with Gasteiger partial charge >= 0.3 is 6.03 Å². The number of imide groups is 1. The molecule has 6 nitrogen and oxygen atoms in total. The average Bonchev–Trinajstić information content (AvgIpc) is 3.00. The van der Waals surface area contributed by atoms with E-state index in [1.54, 1.807) is 11.8 Å². The molecule has 6 heteroatoms. The molecule has 2 aliphatic heterocycles. The molecule has 0 spiro atoms. The first kappa shape index (κ1) is 22.8. The first-order valence-corrected chi connectivity index (χ1v) is 12.1. The van der Waals surface area contributed by atoms with Gasteiger partial charge in [0.2, 0.25) is 0 Å². The highest BCUT2D eigenvalue weighted by Gasteiger charge is 2.50. The molecule has 1 fully saturated rings. The number of fused-ring (bicyclic) bond motifs is 2. The van der Waals surface area contributed by atoms with Gasteiger partial charge in [0.15, 0.2) is 0 Å². The van der Waals surface area contributed by atoms with Gasteiger partial charge in [-0.1, -0.05) is 74.0 Å². The lowest BCUT2D eigenvalue weighted by Gasteiger charge is -2.27. The van der Waals surface area contributed by atoms with E-state index < -0.39 is 17.5 Å². The zero-order valence-electron chi connectivity index (χ0n) is 20.1. The maximum atomic E-state index is 13.7. The second-order valence-corrected chi connectivity index (χ2v) is 9.38. The summed E-state index contributed by atoms with van der Waals surface area (Å²) in [6.45, 7) is 3.48. The number of para-hydroxylation sites is 2. The fourth-order valence-corrected chi connectivity index (χ4v) is 5.08. The van der Waals surface area contributed by atoms with Crippen LogP contribution in [0, 0.1) is 0 Å². The van der Waals surface area contributed by atoms with E-state index in [2.05, 4.69) is 12.2 Å². The predicted molar refractivity (Wildman–Crippen MR) is 135 cm³/mol. The fraction of sp³-hybridized carbons (Fsp3) is 0.276. The van der Waals surface area contributed by atoms with Crippen LogP contribution < -0.4 is 10.2 Å². The van der Waals surface area contributed by atoms with Crippen molar-refractivity contribution in [3.63, 3.8) is 0 Å². The number of hydrogen-bond acceptors (Lipinski definition) is 3. The van der Waals surface area contributed by atoms with Crippen LogP contribution in [0.1, 0.15) is 42.5 Å². The summed E-state index contributed by atoms with van der Waals surface area (Å²) in [7, 11) is 0. The number of nitrogens with zero attached hydrogens (tertiary/aromatic N) is 2. The Morgan fingerprint density at radius 3 is 2.03 bits per heavy atom. The van der Waals surface area contributed by atoms with E-state index in [4.69, 9.17) is 0 Å². The molecule has 0 aliphatic carbocycles. The van der Waals surface area contributed by atoms with Crippen molar-refractivity contribution in [2.75, 3.05) is 11.4 Å². The molecule has 178 valence electrons. The number of anilines is 2. The van der Waals surface area contributed by atoms with E-state index in [-0.39, 0.29) is 12.5 Å². The average molecular weight is 468 g/mol. The van der Waals surface area contributed by atoms with Crippen LogP contribution in [-0.2, 0) is 34.4 Å². The Hall–Kier alpha value is -3.93. The minimum Gasteiger partial charge on any atom is -0.319 e. The van der Waals surface area contributed by atoms with Crippen LogP contribution in [0.5, 0.6) is 0 Å². The Balaban J connectivity index is 1.44. The third kappa shape index (κ3) is 3.99. The number of carbonyl (C=O) groups is 3. The Bertz CT molecular complexity index is 1250. The lowest BCUT2D eigenvalue weighted by Crippen LogP contribution is -2.43. The highest BCUT2D eigenvalue weighted by molar-refractivity contribution is 6.12. The van der Waals surface area contributed by atoms with Gasteiger partial charge in [0.25, 0.3) is 11.8 Å². The van der Waals surface area contributed by atoms with E-state index in [9.17, 15) is 14.4 Å². The summed E-state index contributed by atoms with van der Waals surface area (Å²) in [4.78, 5) is 42.9. The maximum Gasteiger partial charge on any atom is 0.325 e. The van der Waals surface area contributed by atoms with E-state index in [0.29, 0.717) is 5.56 Å². The summed E-state index contributed by atoms with van der Waals surface area (Å²) in [6, 6.07) is 22.8. The molecular formula is C29H29N3O3. The quantitative estimate of drug-likeness (QED) is 0.545. The van der Waals surface area contributed by atoms with Crippen molar-refractivity contribution in [2.45, 2.75) is 45.1 Å². The number of aryl methyl sites for hydroxylation is 3. The lowest BCUT2D eigenvalue weighted by atomic mass is 9.91. The van der Waals surface area contributed by atoms with Gasteiger partial charge in [-0.25, -0.2) is 4.79 Å². The van der Waals surface area contributed by atoms with Crippen molar-refractivity contribution in [3.8, 4) is 0 Å². The lowest BCUT2D eigenvalue weighted by molar-refractivity contribution is -0.134. The van der Waals surface area contributed by atoms with Gasteiger partial charge in [0.1, 0.15) is 12.1 Å². The molecule has 0 saturated carbocycles. The number of carbonyl (C=O) groups excluding carboxylic acids is 3. The standard InChI is InChI=1S/C29H29N3O3/c1-3-8-20-13-17-23(18-14-20)29(2)27(34)31(28(35)30-29)19-26(33)32-24-11-6-4-9-21(24)15-16-22-10-5-7-12-25(22)32/h4-7,9-14,17-18H,3,8,15-16,19H2,1-2H3,(H,30,35). The second kappa shape index (κ2) is 9.02. The molecule has 1 N–H and O–H groups in total. The van der Waals surface area contributed by atoms with Gasteiger partial charge in [-0.15, -0.1) is 0 Å². The van der Waals surface area contributed by atoms with E-state index in [0.717, 1.165) is 53.1 Å². The van der Waals surface area contributed by atoms with Crippen molar-refractivity contribution in [3.05, 3.63) is 95.1 Å². The Kier molecular flexibility index (Phi) is 5.89. The normalized spacial score (nSPS) is 19.1. The SMILES string of the molecule is CCCc1ccc(C2(C)NC(=O)N(CC(=O)N3c4ccccc4CCc4ccccc43)C2=O)cc1. The summed E-state index contributed by atoms with van der Waals surface area (Å²) in [6.07, 6.45) is 3.61. The van der Waals surface area contributed by atoms with Crippen molar-refractivity contribution in [1.29, 1.82) is 0 Å². The highest BCUT2D eigenvalue weighted by atomic mass is 16.2. The molecule has 35 heavy (non-hydrogen) atoms. The summed E-state index contributed by atoms with van der Waals surface area (Å²) < 4.78 is 0. The highest BCUT2D eigenvalue weighted by Crippen LogP contribution is 2.37. The number of rotatable bonds is 5. The van der Waals surface area contributed by atoms with Crippen molar-refractivity contribution in [2.24, 2.45) is 0 Å². The zero-order chi connectivity index (χ0) is 24.6. The van der Waals surface area contributed by atoms with Gasteiger partial charge in [-0.3, -0.25) is 19.4 Å². The van der Waals surface area contributed by atoms with E-state index in [1.165, 1.54) is 5.56 Å². The number of nitrogens with one attached hydrogen (secondary N) is 1. The Morgan fingerprint density at radius 2 is 1.46 bits per heavy atom. The first-order chi connectivity index (χ1) is 16.9. The van der Waals surface area contributed by atoms with Crippen molar-refractivity contribution in [1.82, 2.24) is 10.2 Å². The Labute approximate surface area is 205 Å². The summed E-state index contributed by atoms with van der Waals surface area (Å²) in [5.74, 6) is -0.742. The molecule has 2 heterocycles. The molecular weight excluding hydrogens is 438 g/mol. The van der Waals surface area contributed by atoms with Gasteiger partial charge < -0.3 is 5.32 Å². The van der Waals surface area contributed by atoms with Crippen LogP contribution in [0.15, 0.2) is 72.8 Å². The topological polar surface area (TPSA) is 69.7 Å². The molecule has 3 aromatic carbocycles. The molecule has 1 unspecified atom stereocenters. The maximum absolute atomic E-state index is 13.7. The van der Waals surface area contributed by atoms with Gasteiger partial charge in [-0.05, 0) is 60.6 Å². The van der Waals surface area contributed by atoms with Crippen LogP contribution >= 0.6 is 0 Å². The van der Waals surface area contributed by atoms with Crippen molar-refractivity contribution >= 4 is 29.2 Å². The van der Waals surface area contributed by atoms with Crippen LogP contribution in [0.3, 0.4) is 0 Å². The predicted octanol–water partition coefficient (Wildman–Crippen LogP) is 4.87. The summed E-state index contributed by atoms with van der Waals surface area (Å²) in [5, 5.41) is 2.82. The molecule has 0 bridgehead atoms. The van der Waals surface area contributed by atoms with Crippen LogP contribution in [0.2, 0.25) is 0 Å². The molecule has 1 atom stereocenters. The first-order valence-electron chi connectivity index (χ1n) is 12.1. The van der Waals surface area contributed by atoms with Gasteiger partial charge in [-0.2, -0.15) is 0 Å². The molecule has 5 rings (SSSR count). The molecule has 3 aromatic rings. The number of benzene rings is 3. The number of urea groups is 1. The van der Waals surface area contributed by atoms with E-state index >= 15 is 0 Å².